The minimum atomic E-state index is -0.981. The monoisotopic (exact) mass is 277 g/mol. The summed E-state index contributed by atoms with van der Waals surface area (Å²) in [5.41, 5.74) is 7.63. The maximum absolute atomic E-state index is 12.6. The van der Waals surface area contributed by atoms with Crippen molar-refractivity contribution < 1.29 is 10.0 Å². The maximum Gasteiger partial charge on any atom is 0.238 e. The molecular formula is C15H23N3O2. The maximum atomic E-state index is 12.6. The second kappa shape index (κ2) is 6.41. The number of hydrogen-bond acceptors (Lipinski definition) is 3. The van der Waals surface area contributed by atoms with Gasteiger partial charge in [-0.3, -0.25) is 4.79 Å². The molecule has 0 atom stereocenters. The van der Waals surface area contributed by atoms with Crippen molar-refractivity contribution in [2.24, 2.45) is 16.3 Å². The highest BCUT2D eigenvalue weighted by Crippen LogP contribution is 2.29. The summed E-state index contributed by atoms with van der Waals surface area (Å²) in [5.74, 6) is -0.295. The largest absolute Gasteiger partial charge is 0.409 e. The van der Waals surface area contributed by atoms with Crippen LogP contribution in [0.4, 0.5) is 5.69 Å². The van der Waals surface area contributed by atoms with Crippen LogP contribution in [0.2, 0.25) is 0 Å². The van der Waals surface area contributed by atoms with E-state index < -0.39 is 5.41 Å². The molecule has 0 fully saturated rings. The summed E-state index contributed by atoms with van der Waals surface area (Å²) in [6, 6.07) is 5.73. The van der Waals surface area contributed by atoms with Gasteiger partial charge in [0.25, 0.3) is 0 Å². The molecule has 0 spiro atoms. The molecule has 0 saturated heterocycles. The zero-order valence-electron chi connectivity index (χ0n) is 12.5. The number of anilines is 1. The topological polar surface area (TPSA) is 87.7 Å². The number of hydrogen-bond donors (Lipinski definition) is 3. The van der Waals surface area contributed by atoms with Gasteiger partial charge >= 0.3 is 0 Å². The van der Waals surface area contributed by atoms with Crippen LogP contribution in [0.5, 0.6) is 0 Å². The van der Waals surface area contributed by atoms with E-state index in [1.165, 1.54) is 0 Å². The summed E-state index contributed by atoms with van der Waals surface area (Å²) in [6.45, 7) is 7.64. The lowest BCUT2D eigenvalue weighted by Crippen LogP contribution is -2.46. The molecule has 4 N–H and O–H groups in total. The fraction of sp³-hybridized carbons (Fsp3) is 0.467. The Morgan fingerprint density at radius 3 is 2.45 bits per heavy atom. The predicted molar refractivity (Wildman–Crippen MR) is 81.0 cm³/mol. The minimum Gasteiger partial charge on any atom is -0.409 e. The van der Waals surface area contributed by atoms with Gasteiger partial charge in [0.1, 0.15) is 5.41 Å². The fourth-order valence-corrected chi connectivity index (χ4v) is 2.27. The van der Waals surface area contributed by atoms with Crippen molar-refractivity contribution in [1.82, 2.24) is 0 Å². The molecule has 1 aromatic rings. The third kappa shape index (κ3) is 2.76. The van der Waals surface area contributed by atoms with Gasteiger partial charge in [-0.2, -0.15) is 0 Å². The van der Waals surface area contributed by atoms with Crippen LogP contribution in [0.3, 0.4) is 0 Å². The number of nitrogens with two attached hydrogens (primary N) is 1. The standard InChI is InChI=1S/C15H23N3O2/c1-5-15(6-2,13(16)18-20)14(19)17-12-9-7-8-10(3)11(12)4/h7-9,20H,5-6H2,1-4H3,(H2,16,18)(H,17,19). The van der Waals surface area contributed by atoms with Crippen molar-refractivity contribution in [2.45, 2.75) is 40.5 Å². The zero-order chi connectivity index (χ0) is 15.3. The second-order valence-electron chi connectivity index (χ2n) is 4.98. The summed E-state index contributed by atoms with van der Waals surface area (Å²) in [5, 5.41) is 14.9. The molecule has 0 saturated carbocycles. The molecule has 5 heteroatoms. The molecule has 0 aliphatic carbocycles. The molecule has 1 aromatic carbocycles. The molecule has 0 aliphatic heterocycles. The van der Waals surface area contributed by atoms with Crippen LogP contribution in [0.25, 0.3) is 0 Å². The molecule has 1 rings (SSSR count). The highest BCUT2D eigenvalue weighted by molar-refractivity contribution is 6.12. The summed E-state index contributed by atoms with van der Waals surface area (Å²) < 4.78 is 0. The highest BCUT2D eigenvalue weighted by atomic mass is 16.4. The first kappa shape index (κ1) is 16.0. The minimum absolute atomic E-state index is 0.0506. The van der Waals surface area contributed by atoms with Crippen molar-refractivity contribution in [3.8, 4) is 0 Å². The van der Waals surface area contributed by atoms with Crippen molar-refractivity contribution >= 4 is 17.4 Å². The van der Waals surface area contributed by atoms with Gasteiger partial charge in [0.15, 0.2) is 5.84 Å². The Hall–Kier alpha value is -2.04. The number of nitrogens with one attached hydrogen (secondary N) is 1. The third-order valence-corrected chi connectivity index (χ3v) is 4.09. The molecular weight excluding hydrogens is 254 g/mol. The molecule has 0 heterocycles. The number of amidine groups is 1. The van der Waals surface area contributed by atoms with Crippen LogP contribution in [0, 0.1) is 19.3 Å². The number of benzene rings is 1. The second-order valence-corrected chi connectivity index (χ2v) is 4.98. The molecule has 0 aliphatic rings. The Labute approximate surface area is 119 Å². The van der Waals surface area contributed by atoms with Gasteiger partial charge in [-0.05, 0) is 43.9 Å². The average Bonchev–Trinajstić information content (AvgIpc) is 2.45. The lowest BCUT2D eigenvalue weighted by atomic mass is 9.80. The van der Waals surface area contributed by atoms with Crippen molar-refractivity contribution in [3.05, 3.63) is 29.3 Å². The zero-order valence-corrected chi connectivity index (χ0v) is 12.5. The normalized spacial score (nSPS) is 12.3. The lowest BCUT2D eigenvalue weighted by Gasteiger charge is -2.29. The molecule has 110 valence electrons. The van der Waals surface area contributed by atoms with Gasteiger partial charge in [0.2, 0.25) is 5.91 Å². The molecule has 0 radical (unpaired) electrons. The van der Waals surface area contributed by atoms with E-state index in [9.17, 15) is 4.79 Å². The predicted octanol–water partition coefficient (Wildman–Crippen LogP) is 2.79. The van der Waals surface area contributed by atoms with Crippen LogP contribution >= 0.6 is 0 Å². The Morgan fingerprint density at radius 2 is 1.95 bits per heavy atom. The number of oxime groups is 1. The van der Waals surface area contributed by atoms with E-state index in [4.69, 9.17) is 10.9 Å². The smallest absolute Gasteiger partial charge is 0.238 e. The number of aryl methyl sites for hydroxylation is 1. The van der Waals surface area contributed by atoms with E-state index in [0.717, 1.165) is 16.8 Å². The molecule has 0 aromatic heterocycles. The molecule has 20 heavy (non-hydrogen) atoms. The van der Waals surface area contributed by atoms with Gasteiger partial charge in [-0.15, -0.1) is 0 Å². The number of rotatable bonds is 5. The highest BCUT2D eigenvalue weighted by Gasteiger charge is 2.40. The van der Waals surface area contributed by atoms with Crippen molar-refractivity contribution in [1.29, 1.82) is 0 Å². The molecule has 1 amide bonds. The van der Waals surface area contributed by atoms with E-state index in [1.807, 2.05) is 45.9 Å². The van der Waals surface area contributed by atoms with E-state index in [1.54, 1.807) is 0 Å². The molecule has 0 bridgehead atoms. The van der Waals surface area contributed by atoms with E-state index in [0.29, 0.717) is 12.8 Å². The van der Waals surface area contributed by atoms with E-state index >= 15 is 0 Å². The molecule has 0 unspecified atom stereocenters. The van der Waals surface area contributed by atoms with Gasteiger partial charge in [-0.25, -0.2) is 0 Å². The van der Waals surface area contributed by atoms with Crippen molar-refractivity contribution in [2.75, 3.05) is 5.32 Å². The summed E-state index contributed by atoms with van der Waals surface area (Å²) in [4.78, 5) is 12.6. The van der Waals surface area contributed by atoms with Crippen molar-refractivity contribution in [3.63, 3.8) is 0 Å². The Morgan fingerprint density at radius 1 is 1.35 bits per heavy atom. The van der Waals surface area contributed by atoms with Crippen LogP contribution in [0.1, 0.15) is 37.8 Å². The van der Waals surface area contributed by atoms with Crippen LogP contribution in [-0.2, 0) is 4.79 Å². The fourth-order valence-electron chi connectivity index (χ4n) is 2.27. The summed E-state index contributed by atoms with van der Waals surface area (Å²) >= 11 is 0. The number of carbonyl (C=O) groups excluding carboxylic acids is 1. The summed E-state index contributed by atoms with van der Waals surface area (Å²) in [6.07, 6.45) is 0.937. The number of amides is 1. The lowest BCUT2D eigenvalue weighted by molar-refractivity contribution is -0.122. The first-order chi connectivity index (χ1) is 9.42. The Bertz CT molecular complexity index is 520. The molecule has 5 nitrogen and oxygen atoms in total. The quantitative estimate of drug-likeness (QED) is 0.335. The van der Waals surface area contributed by atoms with Gasteiger partial charge in [0, 0.05) is 5.69 Å². The van der Waals surface area contributed by atoms with E-state index in [2.05, 4.69) is 10.5 Å². The van der Waals surface area contributed by atoms with Gasteiger partial charge < -0.3 is 16.3 Å². The first-order valence-corrected chi connectivity index (χ1v) is 6.78. The number of carbonyl (C=O) groups is 1. The Kier molecular flexibility index (Phi) is 5.13. The van der Waals surface area contributed by atoms with Crippen LogP contribution < -0.4 is 11.1 Å². The third-order valence-electron chi connectivity index (χ3n) is 4.09. The number of nitrogens with zero attached hydrogens (tertiary/aromatic N) is 1. The van der Waals surface area contributed by atoms with E-state index in [-0.39, 0.29) is 11.7 Å². The average molecular weight is 277 g/mol. The van der Waals surface area contributed by atoms with Crippen LogP contribution in [0.15, 0.2) is 23.4 Å². The first-order valence-electron chi connectivity index (χ1n) is 6.78. The van der Waals surface area contributed by atoms with Gasteiger partial charge in [-0.1, -0.05) is 31.1 Å². The SMILES string of the molecule is CCC(CC)(C(=O)Nc1cccc(C)c1C)C(N)=NO. The van der Waals surface area contributed by atoms with Crippen LogP contribution in [-0.4, -0.2) is 17.0 Å². The van der Waals surface area contributed by atoms with Gasteiger partial charge in [0.05, 0.1) is 0 Å². The Balaban J connectivity index is 3.13. The summed E-state index contributed by atoms with van der Waals surface area (Å²) in [7, 11) is 0.